The van der Waals surface area contributed by atoms with Crippen molar-refractivity contribution in [2.24, 2.45) is 5.16 Å². The quantitative estimate of drug-likeness (QED) is 0.523. The van der Waals surface area contributed by atoms with Gasteiger partial charge in [-0.2, -0.15) is 0 Å². The number of fused-ring (bicyclic) bond motifs is 9. The molecule has 0 aliphatic heterocycles. The van der Waals surface area contributed by atoms with E-state index in [0.717, 1.165) is 31.4 Å². The summed E-state index contributed by atoms with van der Waals surface area (Å²) in [5.74, 6) is 0. The van der Waals surface area contributed by atoms with Gasteiger partial charge in [0.1, 0.15) is 0 Å². The van der Waals surface area contributed by atoms with E-state index < -0.39 is 0 Å². The third-order valence-electron chi connectivity index (χ3n) is 3.30. The maximum absolute atomic E-state index is 8.90. The van der Waals surface area contributed by atoms with E-state index in [1.54, 1.807) is 0 Å². The Hall–Kier alpha value is -1.31. The summed E-state index contributed by atoms with van der Waals surface area (Å²) in [6.07, 6.45) is 7.60. The van der Waals surface area contributed by atoms with Gasteiger partial charge in [-0.05, 0) is 49.7 Å². The molecule has 0 saturated heterocycles. The van der Waals surface area contributed by atoms with Gasteiger partial charge in [0.25, 0.3) is 0 Å². The highest BCUT2D eigenvalue weighted by Crippen LogP contribution is 2.14. The minimum Gasteiger partial charge on any atom is -0.411 e. The molecule has 0 spiro atoms. The highest BCUT2D eigenvalue weighted by Gasteiger charge is 2.04. The maximum Gasteiger partial charge on any atom is 0.0574 e. The Morgan fingerprint density at radius 2 is 1.38 bits per heavy atom. The van der Waals surface area contributed by atoms with Crippen molar-refractivity contribution < 1.29 is 5.21 Å². The lowest BCUT2D eigenvalue weighted by Gasteiger charge is -2.09. The first-order valence-electron chi connectivity index (χ1n) is 6.16. The second-order valence-corrected chi connectivity index (χ2v) is 4.54. The van der Waals surface area contributed by atoms with Crippen LogP contribution in [0.15, 0.2) is 29.4 Å². The van der Waals surface area contributed by atoms with Crippen LogP contribution in [-0.2, 0) is 12.8 Å². The van der Waals surface area contributed by atoms with Crippen molar-refractivity contribution >= 4 is 5.71 Å². The molecule has 2 aliphatic carbocycles. The van der Waals surface area contributed by atoms with Gasteiger partial charge in [0.2, 0.25) is 0 Å². The van der Waals surface area contributed by atoms with Gasteiger partial charge in [-0.1, -0.05) is 35.8 Å². The van der Waals surface area contributed by atoms with E-state index >= 15 is 0 Å². The molecule has 0 heterocycles. The molecule has 0 radical (unpaired) electrons. The summed E-state index contributed by atoms with van der Waals surface area (Å²) >= 11 is 0. The SMILES string of the molecule is O/N=C1/CCCCCc2ccc(cc2)CC1. The molecule has 16 heavy (non-hydrogen) atoms. The molecule has 0 fully saturated rings. The number of hydrogen-bond donors (Lipinski definition) is 1. The van der Waals surface area contributed by atoms with E-state index in [0.29, 0.717) is 0 Å². The molecule has 0 amide bonds. The molecule has 2 heteroatoms. The molecule has 2 bridgehead atoms. The summed E-state index contributed by atoms with van der Waals surface area (Å²) < 4.78 is 0. The monoisotopic (exact) mass is 217 g/mol. The smallest absolute Gasteiger partial charge is 0.0574 e. The van der Waals surface area contributed by atoms with E-state index in [9.17, 15) is 0 Å². The van der Waals surface area contributed by atoms with Gasteiger partial charge in [0.05, 0.1) is 5.71 Å². The summed E-state index contributed by atoms with van der Waals surface area (Å²) in [7, 11) is 0. The fourth-order valence-corrected chi connectivity index (χ4v) is 2.22. The molecule has 1 aromatic carbocycles. The molecule has 0 unspecified atom stereocenters. The van der Waals surface area contributed by atoms with Crippen molar-refractivity contribution in [1.82, 2.24) is 0 Å². The van der Waals surface area contributed by atoms with E-state index in [1.165, 1.54) is 30.4 Å². The first-order chi connectivity index (χ1) is 7.88. The minimum absolute atomic E-state index is 0.885. The number of oxime groups is 1. The second-order valence-electron chi connectivity index (χ2n) is 4.54. The first kappa shape index (κ1) is 11.2. The summed E-state index contributed by atoms with van der Waals surface area (Å²) in [4.78, 5) is 0. The van der Waals surface area contributed by atoms with Crippen LogP contribution >= 0.6 is 0 Å². The Morgan fingerprint density at radius 3 is 2.06 bits per heavy atom. The van der Waals surface area contributed by atoms with Crippen molar-refractivity contribution in [2.75, 3.05) is 0 Å². The van der Waals surface area contributed by atoms with Crippen molar-refractivity contribution in [3.8, 4) is 0 Å². The van der Waals surface area contributed by atoms with Crippen LogP contribution in [-0.4, -0.2) is 10.9 Å². The lowest BCUT2D eigenvalue weighted by molar-refractivity contribution is 0.315. The Labute approximate surface area is 97.0 Å². The fourth-order valence-electron chi connectivity index (χ4n) is 2.22. The molecule has 0 atom stereocenters. The van der Waals surface area contributed by atoms with E-state index in [-0.39, 0.29) is 0 Å². The zero-order chi connectivity index (χ0) is 11.2. The lowest BCUT2D eigenvalue weighted by atomic mass is 9.98. The second kappa shape index (κ2) is 5.69. The molecule has 2 nitrogen and oxygen atoms in total. The van der Waals surface area contributed by atoms with Gasteiger partial charge < -0.3 is 5.21 Å². The Kier molecular flexibility index (Phi) is 3.97. The van der Waals surface area contributed by atoms with Crippen LogP contribution in [0.25, 0.3) is 0 Å². The van der Waals surface area contributed by atoms with Crippen LogP contribution in [0.2, 0.25) is 0 Å². The first-order valence-corrected chi connectivity index (χ1v) is 6.16. The minimum atomic E-state index is 0.885. The largest absolute Gasteiger partial charge is 0.411 e. The summed E-state index contributed by atoms with van der Waals surface area (Å²) in [5, 5.41) is 12.3. The van der Waals surface area contributed by atoms with Crippen molar-refractivity contribution in [1.29, 1.82) is 0 Å². The molecular weight excluding hydrogens is 198 g/mol. The number of rotatable bonds is 0. The van der Waals surface area contributed by atoms with Gasteiger partial charge in [0, 0.05) is 0 Å². The Morgan fingerprint density at radius 1 is 0.750 bits per heavy atom. The van der Waals surface area contributed by atoms with Gasteiger partial charge >= 0.3 is 0 Å². The fraction of sp³-hybridized carbons (Fsp3) is 0.500. The average molecular weight is 217 g/mol. The molecule has 1 aromatic rings. The van der Waals surface area contributed by atoms with Gasteiger partial charge in [-0.3, -0.25) is 0 Å². The average Bonchev–Trinajstić information content (AvgIpc) is 2.31. The van der Waals surface area contributed by atoms with Gasteiger partial charge in [-0.15, -0.1) is 0 Å². The predicted molar refractivity (Wildman–Crippen MR) is 66.2 cm³/mol. The third-order valence-corrected chi connectivity index (χ3v) is 3.30. The molecule has 3 rings (SSSR count). The Bertz CT molecular complexity index is 354. The van der Waals surface area contributed by atoms with Crippen LogP contribution < -0.4 is 0 Å². The number of nitrogens with zero attached hydrogens (tertiary/aromatic N) is 1. The molecule has 1 N–H and O–H groups in total. The van der Waals surface area contributed by atoms with Crippen molar-refractivity contribution in [3.05, 3.63) is 35.4 Å². The standard InChI is InChI=1S/C14H19NO/c16-15-14-5-3-1-2-4-12-6-8-13(9-7-12)10-11-14/h6-9,16H,1-5,10-11H2/b15-14-. The summed E-state index contributed by atoms with van der Waals surface area (Å²) in [6, 6.07) is 8.86. The van der Waals surface area contributed by atoms with Gasteiger partial charge in [0.15, 0.2) is 0 Å². The number of aryl methyl sites for hydroxylation is 2. The van der Waals surface area contributed by atoms with Crippen molar-refractivity contribution in [2.45, 2.75) is 44.9 Å². The number of benzene rings is 1. The molecule has 86 valence electrons. The molecule has 2 aliphatic rings. The predicted octanol–water partition coefficient (Wildman–Crippen LogP) is 3.57. The summed E-state index contributed by atoms with van der Waals surface area (Å²) in [5.41, 5.74) is 3.73. The van der Waals surface area contributed by atoms with E-state index in [4.69, 9.17) is 5.21 Å². The van der Waals surface area contributed by atoms with Crippen LogP contribution in [0.5, 0.6) is 0 Å². The molecular formula is C14H19NO. The lowest BCUT2D eigenvalue weighted by Crippen LogP contribution is -2.02. The van der Waals surface area contributed by atoms with Crippen LogP contribution in [0.3, 0.4) is 0 Å². The van der Waals surface area contributed by atoms with Crippen molar-refractivity contribution in [3.63, 3.8) is 0 Å². The topological polar surface area (TPSA) is 32.6 Å². The van der Waals surface area contributed by atoms with Crippen LogP contribution in [0.4, 0.5) is 0 Å². The van der Waals surface area contributed by atoms with Crippen LogP contribution in [0, 0.1) is 0 Å². The Balaban J connectivity index is 2.10. The highest BCUT2D eigenvalue weighted by atomic mass is 16.4. The van der Waals surface area contributed by atoms with Gasteiger partial charge in [-0.25, -0.2) is 0 Å². The molecule has 0 saturated carbocycles. The maximum atomic E-state index is 8.90. The zero-order valence-electron chi connectivity index (χ0n) is 9.65. The number of hydrogen-bond acceptors (Lipinski definition) is 2. The van der Waals surface area contributed by atoms with E-state index in [2.05, 4.69) is 29.4 Å². The summed E-state index contributed by atoms with van der Waals surface area (Å²) in [6.45, 7) is 0. The van der Waals surface area contributed by atoms with Crippen LogP contribution in [0.1, 0.15) is 43.2 Å². The molecule has 0 aromatic heterocycles. The third kappa shape index (κ3) is 3.09. The normalized spacial score (nSPS) is 20.4. The zero-order valence-corrected chi connectivity index (χ0v) is 9.65. The highest BCUT2D eigenvalue weighted by molar-refractivity contribution is 5.84. The van der Waals surface area contributed by atoms with E-state index in [1.807, 2.05) is 0 Å².